The summed E-state index contributed by atoms with van der Waals surface area (Å²) in [5.74, 6) is 0.702. The Hall–Kier alpha value is -2.86. The Morgan fingerprint density at radius 2 is 2.07 bits per heavy atom. The highest BCUT2D eigenvalue weighted by molar-refractivity contribution is 5.89. The second kappa shape index (κ2) is 9.30. The number of nitriles is 1. The minimum atomic E-state index is -0.260. The van der Waals surface area contributed by atoms with E-state index in [4.69, 9.17) is 5.73 Å². The highest BCUT2D eigenvalue weighted by atomic mass is 35.5. The fraction of sp³-hybridized carbons (Fsp3) is 0.381. The van der Waals surface area contributed by atoms with Gasteiger partial charge in [-0.3, -0.25) is 9.36 Å². The number of aliphatic hydroxyl groups is 1. The zero-order valence-corrected chi connectivity index (χ0v) is 17.4. The number of nitrogens with zero attached hydrogens (tertiary/aromatic N) is 5. The van der Waals surface area contributed by atoms with Crippen LogP contribution in [0.4, 0.5) is 5.82 Å². The first-order chi connectivity index (χ1) is 14.1. The van der Waals surface area contributed by atoms with E-state index in [1.54, 1.807) is 0 Å². The Balaban J connectivity index is 0.00000256. The highest BCUT2D eigenvalue weighted by Gasteiger charge is 2.28. The van der Waals surface area contributed by atoms with Gasteiger partial charge in [-0.15, -0.1) is 12.4 Å². The average molecular weight is 429 g/mol. The third-order valence-electron chi connectivity index (χ3n) is 5.39. The number of benzene rings is 1. The third kappa shape index (κ3) is 3.92. The zero-order valence-electron chi connectivity index (χ0n) is 16.6. The van der Waals surface area contributed by atoms with Gasteiger partial charge in [0.05, 0.1) is 19.5 Å². The van der Waals surface area contributed by atoms with E-state index in [1.165, 1.54) is 10.9 Å². The molecule has 3 N–H and O–H groups in total. The predicted molar refractivity (Wildman–Crippen MR) is 118 cm³/mol. The third-order valence-corrected chi connectivity index (χ3v) is 5.39. The lowest BCUT2D eigenvalue weighted by Crippen LogP contribution is -2.44. The molecule has 3 aromatic rings. The van der Waals surface area contributed by atoms with Crippen LogP contribution in [0.25, 0.3) is 11.0 Å². The Bertz CT molecular complexity index is 1120. The number of aromatic nitrogens is 3. The van der Waals surface area contributed by atoms with Gasteiger partial charge in [0.25, 0.3) is 5.56 Å². The van der Waals surface area contributed by atoms with Crippen LogP contribution >= 0.6 is 12.4 Å². The minimum absolute atomic E-state index is 0. The maximum Gasteiger partial charge on any atom is 0.278 e. The van der Waals surface area contributed by atoms with Crippen LogP contribution < -0.4 is 16.2 Å². The van der Waals surface area contributed by atoms with Gasteiger partial charge in [0.15, 0.2) is 0 Å². The first kappa shape index (κ1) is 21.8. The van der Waals surface area contributed by atoms with Crippen molar-refractivity contribution >= 4 is 29.3 Å². The van der Waals surface area contributed by atoms with Crippen molar-refractivity contribution in [1.82, 2.24) is 14.1 Å². The van der Waals surface area contributed by atoms with Crippen LogP contribution in [0.2, 0.25) is 0 Å². The molecule has 0 spiro atoms. The van der Waals surface area contributed by atoms with Crippen molar-refractivity contribution in [3.05, 3.63) is 58.1 Å². The zero-order chi connectivity index (χ0) is 20.4. The van der Waals surface area contributed by atoms with E-state index in [1.807, 2.05) is 34.9 Å². The molecule has 0 aliphatic carbocycles. The molecule has 1 saturated heterocycles. The fourth-order valence-electron chi connectivity index (χ4n) is 4.07. The molecule has 1 aromatic carbocycles. The molecular weight excluding hydrogens is 404 g/mol. The molecule has 0 amide bonds. The number of halogens is 1. The van der Waals surface area contributed by atoms with Crippen LogP contribution in [0.3, 0.4) is 0 Å². The molecule has 0 saturated carbocycles. The molecule has 1 fully saturated rings. The lowest BCUT2D eigenvalue weighted by molar-refractivity contribution is 0.274. The average Bonchev–Trinajstić information content (AvgIpc) is 3.05. The SMILES string of the molecule is Cl.N#Cc1c(N2CCCC(N)C2)n(Cc2ccccc2)c2c(=O)n(CCO)cnc12. The summed E-state index contributed by atoms with van der Waals surface area (Å²) in [5, 5.41) is 19.2. The summed E-state index contributed by atoms with van der Waals surface area (Å²) in [5.41, 5.74) is 8.15. The maximum atomic E-state index is 13.2. The van der Waals surface area contributed by atoms with Gasteiger partial charge in [-0.25, -0.2) is 4.98 Å². The molecule has 3 heterocycles. The summed E-state index contributed by atoms with van der Waals surface area (Å²) in [6.45, 7) is 1.85. The molecule has 30 heavy (non-hydrogen) atoms. The molecule has 1 unspecified atom stereocenters. The molecule has 1 atom stereocenters. The summed E-state index contributed by atoms with van der Waals surface area (Å²) in [4.78, 5) is 19.7. The van der Waals surface area contributed by atoms with Crippen LogP contribution in [-0.4, -0.2) is 45.0 Å². The van der Waals surface area contributed by atoms with Gasteiger partial charge in [-0.05, 0) is 18.4 Å². The molecule has 158 valence electrons. The number of anilines is 1. The Morgan fingerprint density at radius 1 is 1.30 bits per heavy atom. The normalized spacial score (nSPS) is 16.3. The fourth-order valence-corrected chi connectivity index (χ4v) is 4.07. The largest absolute Gasteiger partial charge is 0.395 e. The summed E-state index contributed by atoms with van der Waals surface area (Å²) >= 11 is 0. The van der Waals surface area contributed by atoms with Crippen LogP contribution in [0, 0.1) is 11.3 Å². The van der Waals surface area contributed by atoms with Crippen LogP contribution in [0.1, 0.15) is 24.0 Å². The quantitative estimate of drug-likeness (QED) is 0.636. The predicted octanol–water partition coefficient (Wildman–Crippen LogP) is 1.46. The van der Waals surface area contributed by atoms with Crippen LogP contribution in [-0.2, 0) is 13.1 Å². The van der Waals surface area contributed by atoms with E-state index < -0.39 is 0 Å². The molecule has 8 nitrogen and oxygen atoms in total. The number of rotatable bonds is 5. The van der Waals surface area contributed by atoms with Crippen molar-refractivity contribution in [3.8, 4) is 6.07 Å². The molecule has 2 aromatic heterocycles. The van der Waals surface area contributed by atoms with Crippen molar-refractivity contribution in [2.75, 3.05) is 24.6 Å². The van der Waals surface area contributed by atoms with Gasteiger partial charge in [0.2, 0.25) is 0 Å². The standard InChI is InChI=1S/C21H24N6O2.ClH/c22-11-17-18-19(21(29)26(9-10-28)14-24-18)27(12-15-5-2-1-3-6-15)20(17)25-8-4-7-16(23)13-25;/h1-3,5-6,14,16,28H,4,7-10,12-13,23H2;1H. The Labute approximate surface area is 180 Å². The maximum absolute atomic E-state index is 13.2. The van der Waals surface area contributed by atoms with E-state index in [2.05, 4.69) is 16.0 Å². The minimum Gasteiger partial charge on any atom is -0.395 e. The number of hydrogen-bond donors (Lipinski definition) is 2. The first-order valence-corrected chi connectivity index (χ1v) is 9.81. The monoisotopic (exact) mass is 428 g/mol. The summed E-state index contributed by atoms with van der Waals surface area (Å²) in [7, 11) is 0. The topological polar surface area (TPSA) is 113 Å². The lowest BCUT2D eigenvalue weighted by Gasteiger charge is -2.33. The van der Waals surface area contributed by atoms with Crippen molar-refractivity contribution in [3.63, 3.8) is 0 Å². The van der Waals surface area contributed by atoms with Crippen molar-refractivity contribution in [2.45, 2.75) is 32.0 Å². The van der Waals surface area contributed by atoms with Gasteiger partial charge in [-0.1, -0.05) is 30.3 Å². The van der Waals surface area contributed by atoms with Crippen LogP contribution in [0.15, 0.2) is 41.5 Å². The van der Waals surface area contributed by atoms with Gasteiger partial charge in [-0.2, -0.15) is 5.26 Å². The van der Waals surface area contributed by atoms with E-state index in [0.717, 1.165) is 24.9 Å². The number of aliphatic hydroxyl groups excluding tert-OH is 1. The summed E-state index contributed by atoms with van der Waals surface area (Å²) in [6, 6.07) is 12.1. The molecule has 0 bridgehead atoms. The van der Waals surface area contributed by atoms with E-state index in [0.29, 0.717) is 35.5 Å². The summed E-state index contributed by atoms with van der Waals surface area (Å²) < 4.78 is 3.28. The van der Waals surface area contributed by atoms with Crippen molar-refractivity contribution < 1.29 is 5.11 Å². The smallest absolute Gasteiger partial charge is 0.278 e. The second-order valence-electron chi connectivity index (χ2n) is 7.39. The molecular formula is C21H25ClN6O2. The molecule has 1 aliphatic heterocycles. The van der Waals surface area contributed by atoms with Crippen molar-refractivity contribution in [1.29, 1.82) is 5.26 Å². The van der Waals surface area contributed by atoms with Gasteiger partial charge in [0, 0.05) is 25.7 Å². The van der Waals surface area contributed by atoms with E-state index in [9.17, 15) is 15.2 Å². The van der Waals surface area contributed by atoms with Crippen molar-refractivity contribution in [2.24, 2.45) is 5.73 Å². The van der Waals surface area contributed by atoms with Gasteiger partial charge >= 0.3 is 0 Å². The molecule has 4 rings (SSSR count). The molecule has 1 aliphatic rings. The van der Waals surface area contributed by atoms with E-state index >= 15 is 0 Å². The second-order valence-corrected chi connectivity index (χ2v) is 7.39. The Kier molecular flexibility index (Phi) is 6.77. The molecule has 0 radical (unpaired) electrons. The van der Waals surface area contributed by atoms with Gasteiger partial charge < -0.3 is 20.3 Å². The summed E-state index contributed by atoms with van der Waals surface area (Å²) in [6.07, 6.45) is 3.28. The van der Waals surface area contributed by atoms with E-state index in [-0.39, 0.29) is 37.2 Å². The number of nitrogens with two attached hydrogens (primary N) is 1. The van der Waals surface area contributed by atoms with Crippen LogP contribution in [0.5, 0.6) is 0 Å². The van der Waals surface area contributed by atoms with Gasteiger partial charge in [0.1, 0.15) is 28.5 Å². The number of fused-ring (bicyclic) bond motifs is 1. The molecule has 9 heteroatoms. The lowest BCUT2D eigenvalue weighted by atomic mass is 10.1. The first-order valence-electron chi connectivity index (χ1n) is 9.81. The number of hydrogen-bond acceptors (Lipinski definition) is 6. The highest BCUT2D eigenvalue weighted by Crippen LogP contribution is 2.32. The number of piperidine rings is 1. The Morgan fingerprint density at radius 3 is 2.73 bits per heavy atom.